The molecule has 1 N–H and O–H groups in total. The van der Waals surface area contributed by atoms with Crippen molar-refractivity contribution in [2.24, 2.45) is 5.92 Å². The summed E-state index contributed by atoms with van der Waals surface area (Å²) in [6.45, 7) is 6.53. The number of carbonyl (C=O) groups is 2. The maximum absolute atomic E-state index is 12.5. The Kier molecular flexibility index (Phi) is 5.04. The van der Waals surface area contributed by atoms with Crippen LogP contribution in [0.25, 0.3) is 0 Å². The van der Waals surface area contributed by atoms with Crippen molar-refractivity contribution in [3.05, 3.63) is 28.2 Å². The molecule has 2 amide bonds. The van der Waals surface area contributed by atoms with Gasteiger partial charge < -0.3 is 10.2 Å². The minimum atomic E-state index is -0.558. The molecule has 1 aromatic rings. The molecular weight excluding hydrogens is 332 g/mol. The highest BCUT2D eigenvalue weighted by molar-refractivity contribution is 9.10. The fraction of sp³-hybridized carbons (Fsp3) is 0.500. The van der Waals surface area contributed by atoms with Crippen LogP contribution in [0.15, 0.2) is 22.7 Å². The van der Waals surface area contributed by atoms with E-state index in [1.807, 2.05) is 39.0 Å². The molecule has 1 aromatic carbocycles. The van der Waals surface area contributed by atoms with Crippen LogP contribution in [0, 0.1) is 12.8 Å². The molecule has 0 saturated carbocycles. The maximum atomic E-state index is 12.5. The third-order valence-electron chi connectivity index (χ3n) is 3.99. The van der Waals surface area contributed by atoms with Crippen molar-refractivity contribution in [2.75, 3.05) is 11.4 Å². The molecule has 1 fully saturated rings. The van der Waals surface area contributed by atoms with Crippen molar-refractivity contribution < 1.29 is 9.59 Å². The first-order chi connectivity index (χ1) is 9.93. The lowest BCUT2D eigenvalue weighted by atomic mass is 10.1. The van der Waals surface area contributed by atoms with Crippen LogP contribution in [0.1, 0.15) is 32.3 Å². The third kappa shape index (κ3) is 3.46. The first kappa shape index (κ1) is 16.0. The number of aryl methyl sites for hydroxylation is 1. The number of amides is 2. The number of carbonyl (C=O) groups excluding carboxylic acids is 2. The Labute approximate surface area is 134 Å². The van der Waals surface area contributed by atoms with Gasteiger partial charge in [-0.15, -0.1) is 0 Å². The lowest BCUT2D eigenvalue weighted by Crippen LogP contribution is -2.40. The summed E-state index contributed by atoms with van der Waals surface area (Å²) in [5.74, 6) is -0.807. The predicted molar refractivity (Wildman–Crippen MR) is 87.2 cm³/mol. The van der Waals surface area contributed by atoms with Gasteiger partial charge in [0, 0.05) is 22.7 Å². The SMILES string of the molecule is CC[C@@H](C)NC(=O)[C@@H]1CCN(c2cc(Br)ccc2C)C1=O. The normalized spacial score (nSPS) is 19.7. The van der Waals surface area contributed by atoms with E-state index in [2.05, 4.69) is 21.2 Å². The van der Waals surface area contributed by atoms with Gasteiger partial charge in [0.15, 0.2) is 0 Å². The smallest absolute Gasteiger partial charge is 0.239 e. The van der Waals surface area contributed by atoms with E-state index in [-0.39, 0.29) is 17.9 Å². The number of nitrogens with zero attached hydrogens (tertiary/aromatic N) is 1. The van der Waals surface area contributed by atoms with Crippen molar-refractivity contribution in [3.63, 3.8) is 0 Å². The Hall–Kier alpha value is -1.36. The van der Waals surface area contributed by atoms with E-state index in [1.54, 1.807) is 4.90 Å². The average Bonchev–Trinajstić information content (AvgIpc) is 2.83. The van der Waals surface area contributed by atoms with Gasteiger partial charge in [0.2, 0.25) is 11.8 Å². The van der Waals surface area contributed by atoms with E-state index < -0.39 is 5.92 Å². The van der Waals surface area contributed by atoms with Crippen LogP contribution in [-0.2, 0) is 9.59 Å². The zero-order valence-corrected chi connectivity index (χ0v) is 14.2. The van der Waals surface area contributed by atoms with E-state index in [0.717, 1.165) is 22.1 Å². The molecule has 0 aliphatic carbocycles. The van der Waals surface area contributed by atoms with Crippen molar-refractivity contribution in [2.45, 2.75) is 39.7 Å². The molecule has 0 unspecified atom stereocenters. The summed E-state index contributed by atoms with van der Waals surface area (Å²) >= 11 is 3.43. The number of nitrogens with one attached hydrogen (secondary N) is 1. The fourth-order valence-electron chi connectivity index (χ4n) is 2.48. The fourth-order valence-corrected chi connectivity index (χ4v) is 2.83. The highest BCUT2D eigenvalue weighted by Crippen LogP contribution is 2.30. The monoisotopic (exact) mass is 352 g/mol. The zero-order chi connectivity index (χ0) is 15.6. The number of rotatable bonds is 4. The second-order valence-electron chi connectivity index (χ2n) is 5.58. The largest absolute Gasteiger partial charge is 0.353 e. The molecule has 0 aromatic heterocycles. The molecule has 1 heterocycles. The molecule has 21 heavy (non-hydrogen) atoms. The topological polar surface area (TPSA) is 49.4 Å². The van der Waals surface area contributed by atoms with Gasteiger partial charge >= 0.3 is 0 Å². The number of halogens is 1. The van der Waals surface area contributed by atoms with Crippen molar-refractivity contribution >= 4 is 33.4 Å². The molecule has 2 rings (SSSR count). The molecular formula is C16H21BrN2O2. The Morgan fingerprint density at radius 1 is 1.52 bits per heavy atom. The third-order valence-corrected chi connectivity index (χ3v) is 4.48. The standard InChI is InChI=1S/C16H21BrN2O2/c1-4-11(3)18-15(20)13-7-8-19(16(13)21)14-9-12(17)6-5-10(14)2/h5-6,9,11,13H,4,7-8H2,1-3H3,(H,18,20)/t11-,13+/m1/s1. The second kappa shape index (κ2) is 6.60. The van der Waals surface area contributed by atoms with Crippen LogP contribution >= 0.6 is 15.9 Å². The molecule has 0 radical (unpaired) electrons. The Balaban J connectivity index is 2.14. The summed E-state index contributed by atoms with van der Waals surface area (Å²) < 4.78 is 0.934. The van der Waals surface area contributed by atoms with Gasteiger partial charge in [0.25, 0.3) is 0 Å². The first-order valence-corrected chi connectivity index (χ1v) is 8.11. The molecule has 0 bridgehead atoms. The van der Waals surface area contributed by atoms with E-state index in [9.17, 15) is 9.59 Å². The number of hydrogen-bond donors (Lipinski definition) is 1. The van der Waals surface area contributed by atoms with E-state index >= 15 is 0 Å². The van der Waals surface area contributed by atoms with E-state index in [4.69, 9.17) is 0 Å². The quantitative estimate of drug-likeness (QED) is 0.846. The van der Waals surface area contributed by atoms with Crippen molar-refractivity contribution in [3.8, 4) is 0 Å². The zero-order valence-electron chi connectivity index (χ0n) is 12.6. The minimum absolute atomic E-state index is 0.1000. The molecule has 1 aliphatic rings. The van der Waals surface area contributed by atoms with Gasteiger partial charge in [-0.05, 0) is 44.4 Å². The molecule has 5 heteroatoms. The lowest BCUT2D eigenvalue weighted by Gasteiger charge is -2.20. The van der Waals surface area contributed by atoms with Crippen molar-refractivity contribution in [1.29, 1.82) is 0 Å². The first-order valence-electron chi connectivity index (χ1n) is 7.32. The Morgan fingerprint density at radius 2 is 2.24 bits per heavy atom. The molecule has 114 valence electrons. The van der Waals surface area contributed by atoms with Gasteiger partial charge in [0.1, 0.15) is 5.92 Å². The van der Waals surface area contributed by atoms with Crippen LogP contribution in [0.5, 0.6) is 0 Å². The van der Waals surface area contributed by atoms with Gasteiger partial charge in [-0.25, -0.2) is 0 Å². The summed E-state index contributed by atoms with van der Waals surface area (Å²) in [6, 6.07) is 5.96. The van der Waals surface area contributed by atoms with Crippen LogP contribution in [-0.4, -0.2) is 24.4 Å². The van der Waals surface area contributed by atoms with Gasteiger partial charge in [-0.2, -0.15) is 0 Å². The highest BCUT2D eigenvalue weighted by Gasteiger charge is 2.38. The number of hydrogen-bond acceptors (Lipinski definition) is 2. The molecule has 2 atom stereocenters. The van der Waals surface area contributed by atoms with Gasteiger partial charge in [-0.1, -0.05) is 28.9 Å². The van der Waals surface area contributed by atoms with E-state index in [0.29, 0.717) is 13.0 Å². The summed E-state index contributed by atoms with van der Waals surface area (Å²) in [4.78, 5) is 26.4. The highest BCUT2D eigenvalue weighted by atomic mass is 79.9. The van der Waals surface area contributed by atoms with Gasteiger partial charge in [0.05, 0.1) is 0 Å². The Morgan fingerprint density at radius 3 is 2.90 bits per heavy atom. The molecule has 1 aliphatic heterocycles. The predicted octanol–water partition coefficient (Wildman–Crippen LogP) is 3.03. The molecule has 4 nitrogen and oxygen atoms in total. The van der Waals surface area contributed by atoms with Crippen LogP contribution in [0.4, 0.5) is 5.69 Å². The molecule has 0 spiro atoms. The lowest BCUT2D eigenvalue weighted by molar-refractivity contribution is -0.132. The molecule has 1 saturated heterocycles. The minimum Gasteiger partial charge on any atom is -0.353 e. The Bertz CT molecular complexity index is 559. The van der Waals surface area contributed by atoms with Crippen LogP contribution < -0.4 is 10.2 Å². The summed E-state index contributed by atoms with van der Waals surface area (Å²) in [5.41, 5.74) is 1.92. The van der Waals surface area contributed by atoms with Crippen LogP contribution in [0.3, 0.4) is 0 Å². The van der Waals surface area contributed by atoms with Crippen molar-refractivity contribution in [1.82, 2.24) is 5.32 Å². The average molecular weight is 353 g/mol. The number of benzene rings is 1. The van der Waals surface area contributed by atoms with E-state index in [1.165, 1.54) is 0 Å². The summed E-state index contributed by atoms with van der Waals surface area (Å²) in [5, 5.41) is 2.90. The van der Waals surface area contributed by atoms with Crippen LogP contribution in [0.2, 0.25) is 0 Å². The summed E-state index contributed by atoms with van der Waals surface area (Å²) in [7, 11) is 0. The van der Waals surface area contributed by atoms with Gasteiger partial charge in [-0.3, -0.25) is 9.59 Å². The second-order valence-corrected chi connectivity index (χ2v) is 6.50. The summed E-state index contributed by atoms with van der Waals surface area (Å²) in [6.07, 6.45) is 1.44. The maximum Gasteiger partial charge on any atom is 0.239 e. The number of anilines is 1.